The molecular formula is C17H13ClO2S. The summed E-state index contributed by atoms with van der Waals surface area (Å²) in [5, 5.41) is 0.709. The van der Waals surface area contributed by atoms with Crippen LogP contribution >= 0.6 is 23.4 Å². The van der Waals surface area contributed by atoms with Crippen LogP contribution in [-0.2, 0) is 5.75 Å². The molecule has 2 nitrogen and oxygen atoms in total. The molecule has 0 radical (unpaired) electrons. The molecule has 0 bridgehead atoms. The minimum atomic E-state index is -0.528. The van der Waals surface area contributed by atoms with Gasteiger partial charge in [-0.15, -0.1) is 0 Å². The minimum absolute atomic E-state index is 0.0424. The topological polar surface area (TPSA) is 34.1 Å². The van der Waals surface area contributed by atoms with Crippen LogP contribution in [0.5, 0.6) is 0 Å². The Labute approximate surface area is 132 Å². The van der Waals surface area contributed by atoms with Gasteiger partial charge in [0, 0.05) is 27.7 Å². The summed E-state index contributed by atoms with van der Waals surface area (Å²) in [6.45, 7) is 0. The molecule has 2 aromatic carbocycles. The summed E-state index contributed by atoms with van der Waals surface area (Å²) in [6.07, 6.45) is 0. The maximum Gasteiger partial charge on any atom is 0.175 e. The van der Waals surface area contributed by atoms with Crippen LogP contribution in [0, 0.1) is 5.92 Å². The number of benzene rings is 2. The molecule has 2 aromatic rings. The summed E-state index contributed by atoms with van der Waals surface area (Å²) < 4.78 is 0. The fraction of sp³-hybridized carbons (Fsp3) is 0.176. The van der Waals surface area contributed by atoms with Gasteiger partial charge in [-0.2, -0.15) is 11.8 Å². The largest absolute Gasteiger partial charge is 0.293 e. The standard InChI is InChI=1S/C17H13ClO2S/c18-12-7-5-11(6-8-12)9-21-10-15-16(19)13-3-1-2-4-14(13)17(15)20/h1-8,15H,9-10H2. The molecule has 4 heteroatoms. The lowest BCUT2D eigenvalue weighted by Crippen LogP contribution is -2.17. The number of hydrogen-bond donors (Lipinski definition) is 0. The zero-order chi connectivity index (χ0) is 14.8. The molecule has 0 aliphatic heterocycles. The SMILES string of the molecule is O=C1c2ccccc2C(=O)C1CSCc1ccc(Cl)cc1. The molecule has 1 aliphatic carbocycles. The molecule has 106 valence electrons. The molecule has 0 amide bonds. The van der Waals surface area contributed by atoms with E-state index in [-0.39, 0.29) is 11.6 Å². The Morgan fingerprint density at radius 2 is 1.48 bits per heavy atom. The van der Waals surface area contributed by atoms with Crippen molar-refractivity contribution in [1.82, 2.24) is 0 Å². The van der Waals surface area contributed by atoms with Gasteiger partial charge in [0.25, 0.3) is 0 Å². The third-order valence-corrected chi connectivity index (χ3v) is 4.92. The fourth-order valence-corrected chi connectivity index (χ4v) is 3.64. The Hall–Kier alpha value is -1.58. The second kappa shape index (κ2) is 6.04. The van der Waals surface area contributed by atoms with Crippen molar-refractivity contribution in [1.29, 1.82) is 0 Å². The molecule has 21 heavy (non-hydrogen) atoms. The molecule has 0 unspecified atom stereocenters. The van der Waals surface area contributed by atoms with Gasteiger partial charge < -0.3 is 0 Å². The van der Waals surface area contributed by atoms with Gasteiger partial charge in [-0.05, 0) is 17.7 Å². The number of fused-ring (bicyclic) bond motifs is 1. The molecule has 0 heterocycles. The first kappa shape index (κ1) is 14.4. The summed E-state index contributed by atoms with van der Waals surface area (Å²) >= 11 is 7.45. The molecule has 0 saturated carbocycles. The highest BCUT2D eigenvalue weighted by Gasteiger charge is 2.37. The van der Waals surface area contributed by atoms with E-state index >= 15 is 0 Å². The van der Waals surface area contributed by atoms with E-state index in [0.29, 0.717) is 21.9 Å². The summed E-state index contributed by atoms with van der Waals surface area (Å²) in [5.74, 6) is 0.678. The van der Waals surface area contributed by atoms with Crippen molar-refractivity contribution in [2.75, 3.05) is 5.75 Å². The van der Waals surface area contributed by atoms with Gasteiger partial charge >= 0.3 is 0 Å². The van der Waals surface area contributed by atoms with Crippen molar-refractivity contribution >= 4 is 34.9 Å². The zero-order valence-corrected chi connectivity index (χ0v) is 12.8. The summed E-state index contributed by atoms with van der Waals surface area (Å²) in [7, 11) is 0. The van der Waals surface area contributed by atoms with Gasteiger partial charge in [0.1, 0.15) is 0 Å². The van der Waals surface area contributed by atoms with Crippen LogP contribution < -0.4 is 0 Å². The quantitative estimate of drug-likeness (QED) is 0.790. The van der Waals surface area contributed by atoms with Crippen LogP contribution in [0.2, 0.25) is 5.02 Å². The fourth-order valence-electron chi connectivity index (χ4n) is 2.43. The third kappa shape index (κ3) is 2.89. The predicted molar refractivity (Wildman–Crippen MR) is 86.2 cm³/mol. The van der Waals surface area contributed by atoms with Gasteiger partial charge in [-0.1, -0.05) is 48.0 Å². The smallest absolute Gasteiger partial charge is 0.175 e. The first-order chi connectivity index (χ1) is 10.2. The highest BCUT2D eigenvalue weighted by atomic mass is 35.5. The lowest BCUT2D eigenvalue weighted by atomic mass is 10.1. The first-order valence-electron chi connectivity index (χ1n) is 6.66. The van der Waals surface area contributed by atoms with E-state index < -0.39 is 5.92 Å². The van der Waals surface area contributed by atoms with E-state index in [1.807, 2.05) is 24.3 Å². The lowest BCUT2D eigenvalue weighted by molar-refractivity contribution is 0.0855. The van der Waals surface area contributed by atoms with Crippen LogP contribution in [0.3, 0.4) is 0 Å². The number of halogens is 1. The first-order valence-corrected chi connectivity index (χ1v) is 8.20. The van der Waals surface area contributed by atoms with Crippen molar-refractivity contribution in [2.45, 2.75) is 5.75 Å². The Balaban J connectivity index is 1.63. The highest BCUT2D eigenvalue weighted by Crippen LogP contribution is 2.30. The molecule has 0 aromatic heterocycles. The average molecular weight is 317 g/mol. The van der Waals surface area contributed by atoms with Crippen LogP contribution in [-0.4, -0.2) is 17.3 Å². The molecule has 0 fully saturated rings. The number of carbonyl (C=O) groups is 2. The number of Topliss-reactive ketones (excluding diaryl/α,β-unsaturated/α-hetero) is 2. The Morgan fingerprint density at radius 3 is 2.05 bits per heavy atom. The molecular weight excluding hydrogens is 304 g/mol. The molecule has 0 N–H and O–H groups in total. The Morgan fingerprint density at radius 1 is 0.905 bits per heavy atom. The van der Waals surface area contributed by atoms with E-state index in [1.54, 1.807) is 36.0 Å². The summed E-state index contributed by atoms with van der Waals surface area (Å²) in [4.78, 5) is 24.5. The summed E-state index contributed by atoms with van der Waals surface area (Å²) in [6, 6.07) is 14.7. The molecule has 0 atom stereocenters. The molecule has 3 rings (SSSR count). The van der Waals surface area contributed by atoms with E-state index in [9.17, 15) is 9.59 Å². The molecule has 0 saturated heterocycles. The van der Waals surface area contributed by atoms with Gasteiger partial charge in [0.2, 0.25) is 0 Å². The van der Waals surface area contributed by atoms with Crippen LogP contribution in [0.1, 0.15) is 26.3 Å². The Bertz CT molecular complexity index is 659. The molecule has 1 aliphatic rings. The number of thioether (sulfide) groups is 1. The maximum absolute atomic E-state index is 12.2. The van der Waals surface area contributed by atoms with Crippen molar-refractivity contribution < 1.29 is 9.59 Å². The minimum Gasteiger partial charge on any atom is -0.293 e. The lowest BCUT2D eigenvalue weighted by Gasteiger charge is -2.06. The highest BCUT2D eigenvalue weighted by molar-refractivity contribution is 7.98. The van der Waals surface area contributed by atoms with Crippen LogP contribution in [0.4, 0.5) is 0 Å². The van der Waals surface area contributed by atoms with Crippen molar-refractivity contribution in [2.24, 2.45) is 5.92 Å². The number of ketones is 2. The monoisotopic (exact) mass is 316 g/mol. The third-order valence-electron chi connectivity index (χ3n) is 3.56. The van der Waals surface area contributed by atoms with Gasteiger partial charge in [-0.3, -0.25) is 9.59 Å². The van der Waals surface area contributed by atoms with Gasteiger partial charge in [-0.25, -0.2) is 0 Å². The number of carbonyl (C=O) groups excluding carboxylic acids is 2. The maximum atomic E-state index is 12.2. The second-order valence-corrected chi connectivity index (χ2v) is 6.43. The van der Waals surface area contributed by atoms with Gasteiger partial charge in [0.05, 0.1) is 5.92 Å². The second-order valence-electron chi connectivity index (χ2n) is 4.97. The predicted octanol–water partition coefficient (Wildman–Crippen LogP) is 4.27. The molecule has 0 spiro atoms. The zero-order valence-electron chi connectivity index (χ0n) is 11.2. The van der Waals surface area contributed by atoms with Crippen molar-refractivity contribution in [3.8, 4) is 0 Å². The van der Waals surface area contributed by atoms with Crippen LogP contribution in [0.25, 0.3) is 0 Å². The van der Waals surface area contributed by atoms with Crippen molar-refractivity contribution in [3.63, 3.8) is 0 Å². The van der Waals surface area contributed by atoms with E-state index in [0.717, 1.165) is 11.3 Å². The van der Waals surface area contributed by atoms with E-state index in [1.165, 1.54) is 0 Å². The average Bonchev–Trinajstić information content (AvgIpc) is 2.75. The number of hydrogen-bond acceptors (Lipinski definition) is 3. The van der Waals surface area contributed by atoms with Gasteiger partial charge in [0.15, 0.2) is 11.6 Å². The number of rotatable bonds is 4. The van der Waals surface area contributed by atoms with E-state index in [2.05, 4.69) is 0 Å². The Kier molecular flexibility index (Phi) is 4.13. The normalized spacial score (nSPS) is 14.5. The van der Waals surface area contributed by atoms with E-state index in [4.69, 9.17) is 11.6 Å². The van der Waals surface area contributed by atoms with Crippen molar-refractivity contribution in [3.05, 3.63) is 70.2 Å². The summed E-state index contributed by atoms with van der Waals surface area (Å²) in [5.41, 5.74) is 2.28. The van der Waals surface area contributed by atoms with Crippen LogP contribution in [0.15, 0.2) is 48.5 Å².